The second kappa shape index (κ2) is 5.11. The fourth-order valence-corrected chi connectivity index (χ4v) is 1.10. The molecule has 1 aromatic rings. The van der Waals surface area contributed by atoms with Crippen molar-refractivity contribution in [3.63, 3.8) is 0 Å². The van der Waals surface area contributed by atoms with Crippen molar-refractivity contribution < 1.29 is 19.0 Å². The molecule has 0 amide bonds. The highest BCUT2D eigenvalue weighted by Crippen LogP contribution is 2.24. The van der Waals surface area contributed by atoms with Gasteiger partial charge in [-0.15, -0.1) is 0 Å². The van der Waals surface area contributed by atoms with E-state index in [1.165, 1.54) is 6.47 Å². The van der Waals surface area contributed by atoms with Crippen LogP contribution in [-0.4, -0.2) is 20.7 Å². The van der Waals surface area contributed by atoms with E-state index in [0.717, 1.165) is 5.56 Å². The van der Waals surface area contributed by atoms with Gasteiger partial charge in [-0.2, -0.15) is 0 Å². The van der Waals surface area contributed by atoms with Gasteiger partial charge in [0, 0.05) is 5.56 Å². The van der Waals surface area contributed by atoms with Gasteiger partial charge in [-0.05, 0) is 18.2 Å². The predicted molar refractivity (Wildman–Crippen MR) is 50.0 cm³/mol. The summed E-state index contributed by atoms with van der Waals surface area (Å²) in [6.45, 7) is 1.49. The highest BCUT2D eigenvalue weighted by Gasteiger charge is 2.04. The summed E-state index contributed by atoms with van der Waals surface area (Å²) in [7, 11) is 3.12. The van der Waals surface area contributed by atoms with Gasteiger partial charge in [-0.3, -0.25) is 0 Å². The van der Waals surface area contributed by atoms with E-state index in [-0.39, 0.29) is 6.61 Å². The Hall–Kier alpha value is -1.71. The predicted octanol–water partition coefficient (Wildman–Crippen LogP) is 1.29. The van der Waals surface area contributed by atoms with Gasteiger partial charge < -0.3 is 14.2 Å². The quantitative estimate of drug-likeness (QED) is 0.710. The average Bonchev–Trinajstić information content (AvgIpc) is 2.25. The number of hydrogen-bond donors (Lipinski definition) is 0. The van der Waals surface area contributed by atoms with Gasteiger partial charge in [0.2, 0.25) is 0 Å². The molecule has 1 rings (SSSR count). The number of methoxy groups -OCH3 is 2. The Balaban J connectivity index is 2.89. The summed E-state index contributed by atoms with van der Waals surface area (Å²) >= 11 is 0. The maximum atomic E-state index is 9.91. The standard InChI is InChI=1S/C10H11O4/c1-12-9-3-4-10(13-2)8(5-9)6-14-7-11/h3-5H,6H2,1-2H3. The van der Waals surface area contributed by atoms with Crippen molar-refractivity contribution in [1.29, 1.82) is 0 Å². The van der Waals surface area contributed by atoms with Gasteiger partial charge in [0.15, 0.2) is 0 Å². The van der Waals surface area contributed by atoms with Crippen LogP contribution in [-0.2, 0) is 16.1 Å². The van der Waals surface area contributed by atoms with Gasteiger partial charge in [-0.1, -0.05) is 0 Å². The van der Waals surface area contributed by atoms with Gasteiger partial charge in [0.25, 0.3) is 0 Å². The lowest BCUT2D eigenvalue weighted by molar-refractivity contribution is 0.260. The molecule has 4 heteroatoms. The normalized spacial score (nSPS) is 9.29. The second-order valence-corrected chi connectivity index (χ2v) is 2.55. The van der Waals surface area contributed by atoms with Crippen LogP contribution in [0.15, 0.2) is 18.2 Å². The first kappa shape index (κ1) is 10.4. The molecule has 0 aliphatic rings. The van der Waals surface area contributed by atoms with Gasteiger partial charge in [0.1, 0.15) is 18.1 Å². The van der Waals surface area contributed by atoms with E-state index >= 15 is 0 Å². The lowest BCUT2D eigenvalue weighted by Crippen LogP contribution is -1.96. The van der Waals surface area contributed by atoms with Crippen LogP contribution in [0.3, 0.4) is 0 Å². The Morgan fingerprint density at radius 1 is 1.29 bits per heavy atom. The molecule has 0 N–H and O–H groups in total. The highest BCUT2D eigenvalue weighted by molar-refractivity contribution is 5.42. The molecule has 0 spiro atoms. The highest BCUT2D eigenvalue weighted by atomic mass is 16.5. The molecule has 0 saturated heterocycles. The molecule has 0 saturated carbocycles. The lowest BCUT2D eigenvalue weighted by Gasteiger charge is -2.08. The zero-order valence-electron chi connectivity index (χ0n) is 8.07. The fourth-order valence-electron chi connectivity index (χ4n) is 1.10. The van der Waals surface area contributed by atoms with Crippen LogP contribution in [0.4, 0.5) is 0 Å². The van der Waals surface area contributed by atoms with Crippen LogP contribution in [0.1, 0.15) is 5.56 Å². The Morgan fingerprint density at radius 2 is 2.07 bits per heavy atom. The van der Waals surface area contributed by atoms with Crippen molar-refractivity contribution in [3.8, 4) is 11.5 Å². The third kappa shape index (κ3) is 2.39. The molecule has 0 heterocycles. The summed E-state index contributed by atoms with van der Waals surface area (Å²) in [6, 6.07) is 5.27. The van der Waals surface area contributed by atoms with E-state index < -0.39 is 0 Å². The number of hydrogen-bond acceptors (Lipinski definition) is 4. The van der Waals surface area contributed by atoms with Crippen LogP contribution in [0.5, 0.6) is 11.5 Å². The summed E-state index contributed by atoms with van der Waals surface area (Å²) < 4.78 is 14.6. The van der Waals surface area contributed by atoms with Crippen molar-refractivity contribution in [2.45, 2.75) is 6.61 Å². The zero-order valence-corrected chi connectivity index (χ0v) is 8.07. The van der Waals surface area contributed by atoms with E-state index in [4.69, 9.17) is 9.47 Å². The summed E-state index contributed by atoms with van der Waals surface area (Å²) in [5.74, 6) is 1.34. The molecule has 75 valence electrons. The topological polar surface area (TPSA) is 44.8 Å². The number of ether oxygens (including phenoxy) is 3. The van der Waals surface area contributed by atoms with Gasteiger partial charge >= 0.3 is 6.47 Å². The first-order chi connectivity index (χ1) is 6.81. The molecular weight excluding hydrogens is 184 g/mol. The van der Waals surface area contributed by atoms with Gasteiger partial charge in [-0.25, -0.2) is 4.79 Å². The number of carbonyl (C=O) groups excluding carboxylic acids is 1. The smallest absolute Gasteiger partial charge is 0.417 e. The molecule has 0 aliphatic carbocycles. The lowest BCUT2D eigenvalue weighted by atomic mass is 10.2. The van der Waals surface area contributed by atoms with Crippen molar-refractivity contribution in [3.05, 3.63) is 23.8 Å². The molecule has 14 heavy (non-hydrogen) atoms. The van der Waals surface area contributed by atoms with Crippen LogP contribution in [0, 0.1) is 0 Å². The first-order valence-electron chi connectivity index (χ1n) is 4.01. The van der Waals surface area contributed by atoms with E-state index in [1.807, 2.05) is 0 Å². The minimum absolute atomic E-state index is 0.129. The third-order valence-electron chi connectivity index (χ3n) is 1.77. The molecule has 0 bridgehead atoms. The van der Waals surface area contributed by atoms with E-state index in [9.17, 15) is 4.79 Å². The molecule has 0 unspecified atom stereocenters. The van der Waals surface area contributed by atoms with Crippen molar-refractivity contribution in [2.24, 2.45) is 0 Å². The minimum Gasteiger partial charge on any atom is -0.497 e. The Morgan fingerprint density at radius 3 is 2.64 bits per heavy atom. The Labute approximate surface area is 82.4 Å². The second-order valence-electron chi connectivity index (χ2n) is 2.55. The summed E-state index contributed by atoms with van der Waals surface area (Å²) in [5.41, 5.74) is 0.746. The van der Waals surface area contributed by atoms with Crippen LogP contribution < -0.4 is 9.47 Å². The zero-order chi connectivity index (χ0) is 10.4. The minimum atomic E-state index is 0.129. The molecule has 0 aliphatic heterocycles. The van der Waals surface area contributed by atoms with Crippen LogP contribution >= 0.6 is 0 Å². The summed E-state index contributed by atoms with van der Waals surface area (Å²) in [6.07, 6.45) is 0. The average molecular weight is 195 g/mol. The van der Waals surface area contributed by atoms with E-state index in [0.29, 0.717) is 11.5 Å². The van der Waals surface area contributed by atoms with Crippen LogP contribution in [0.25, 0.3) is 0 Å². The third-order valence-corrected chi connectivity index (χ3v) is 1.77. The van der Waals surface area contributed by atoms with E-state index in [2.05, 4.69) is 4.74 Å². The molecule has 1 aromatic carbocycles. The first-order valence-corrected chi connectivity index (χ1v) is 4.01. The monoisotopic (exact) mass is 195 g/mol. The van der Waals surface area contributed by atoms with Gasteiger partial charge in [0.05, 0.1) is 14.2 Å². The Bertz CT molecular complexity index is 309. The largest absolute Gasteiger partial charge is 0.497 e. The molecule has 0 atom stereocenters. The van der Waals surface area contributed by atoms with Crippen LogP contribution in [0.2, 0.25) is 0 Å². The molecule has 1 radical (unpaired) electrons. The number of benzene rings is 1. The summed E-state index contributed by atoms with van der Waals surface area (Å²) in [5, 5.41) is 0. The Kier molecular flexibility index (Phi) is 3.79. The maximum Gasteiger partial charge on any atom is 0.417 e. The number of rotatable bonds is 5. The van der Waals surface area contributed by atoms with Crippen molar-refractivity contribution in [1.82, 2.24) is 0 Å². The summed E-state index contributed by atoms with van der Waals surface area (Å²) in [4.78, 5) is 9.91. The fraction of sp³-hybridized carbons (Fsp3) is 0.300. The van der Waals surface area contributed by atoms with Crippen molar-refractivity contribution in [2.75, 3.05) is 14.2 Å². The molecule has 0 fully saturated rings. The van der Waals surface area contributed by atoms with Crippen molar-refractivity contribution >= 4 is 6.47 Å². The molecule has 0 aromatic heterocycles. The molecule has 4 nitrogen and oxygen atoms in total. The maximum absolute atomic E-state index is 9.91. The SMILES string of the molecule is COc1ccc(OC)c(CO[C]=O)c1. The molecular formula is C10H11O4. The van der Waals surface area contributed by atoms with E-state index in [1.54, 1.807) is 32.4 Å².